The van der Waals surface area contributed by atoms with E-state index in [4.69, 9.17) is 12.2 Å². The summed E-state index contributed by atoms with van der Waals surface area (Å²) < 4.78 is 0.426. The summed E-state index contributed by atoms with van der Waals surface area (Å²) in [5.74, 6) is -0.324. The molecule has 0 saturated carbocycles. The maximum Gasteiger partial charge on any atom is 0.266 e. The summed E-state index contributed by atoms with van der Waals surface area (Å²) in [5, 5.41) is 1.96. The van der Waals surface area contributed by atoms with Crippen molar-refractivity contribution in [2.24, 2.45) is 0 Å². The van der Waals surface area contributed by atoms with Gasteiger partial charge in [0.15, 0.2) is 0 Å². The van der Waals surface area contributed by atoms with Crippen LogP contribution in [-0.4, -0.2) is 38.0 Å². The third-order valence-electron chi connectivity index (χ3n) is 4.28. The molecule has 1 saturated heterocycles. The van der Waals surface area contributed by atoms with Gasteiger partial charge in [-0.25, -0.2) is 0 Å². The molecule has 1 aliphatic heterocycles. The number of hydrogen-bond donors (Lipinski definition) is 0. The van der Waals surface area contributed by atoms with Gasteiger partial charge in [-0.05, 0) is 43.9 Å². The molecule has 0 unspecified atom stereocenters. The predicted molar refractivity (Wildman–Crippen MR) is 121 cm³/mol. The number of nitrogens with zero attached hydrogens (tertiary/aromatic N) is 2. The lowest BCUT2D eigenvalue weighted by atomic mass is 10.0. The standard InChI is InChI=1S/C21H22N2O2S3/c1-21(2,3)23(13-15-8-5-4-6-9-15)18(24)14-22-19(25)17(28-20(22)26)12-16-10-7-11-27-16/h4-12H,13-14H2,1-3H3. The molecule has 146 valence electrons. The molecule has 0 aliphatic carbocycles. The van der Waals surface area contributed by atoms with E-state index in [2.05, 4.69) is 0 Å². The maximum atomic E-state index is 13.1. The monoisotopic (exact) mass is 430 g/mol. The van der Waals surface area contributed by atoms with Gasteiger partial charge in [0.05, 0.1) is 4.91 Å². The number of thiocarbonyl (C=S) groups is 1. The Bertz CT molecular complexity index is 899. The van der Waals surface area contributed by atoms with Gasteiger partial charge >= 0.3 is 0 Å². The summed E-state index contributed by atoms with van der Waals surface area (Å²) in [4.78, 5) is 30.7. The summed E-state index contributed by atoms with van der Waals surface area (Å²) in [5.41, 5.74) is 0.675. The van der Waals surface area contributed by atoms with Gasteiger partial charge in [0.25, 0.3) is 5.91 Å². The molecule has 3 rings (SSSR count). The quantitative estimate of drug-likeness (QED) is 0.506. The van der Waals surface area contributed by atoms with E-state index < -0.39 is 0 Å². The first-order valence-corrected chi connectivity index (χ1v) is 11.0. The molecule has 1 aromatic heterocycles. The van der Waals surface area contributed by atoms with Crippen LogP contribution in [0.4, 0.5) is 0 Å². The van der Waals surface area contributed by atoms with Crippen LogP contribution in [0.15, 0.2) is 52.7 Å². The van der Waals surface area contributed by atoms with Crippen molar-refractivity contribution in [3.8, 4) is 0 Å². The highest BCUT2D eigenvalue weighted by atomic mass is 32.2. The fraction of sp³-hybridized carbons (Fsp3) is 0.286. The highest BCUT2D eigenvalue weighted by molar-refractivity contribution is 8.26. The van der Waals surface area contributed by atoms with Gasteiger partial charge in [-0.2, -0.15) is 0 Å². The average Bonchev–Trinajstić information content (AvgIpc) is 3.24. The van der Waals surface area contributed by atoms with E-state index in [1.807, 2.05) is 74.7 Å². The number of thiophene rings is 1. The molecule has 2 heterocycles. The smallest absolute Gasteiger partial charge is 0.266 e. The Morgan fingerprint density at radius 3 is 2.50 bits per heavy atom. The van der Waals surface area contributed by atoms with Gasteiger partial charge in [0.1, 0.15) is 10.9 Å². The van der Waals surface area contributed by atoms with Gasteiger partial charge in [-0.3, -0.25) is 14.5 Å². The molecular formula is C21H22N2O2S3. The van der Waals surface area contributed by atoms with Crippen LogP contribution in [-0.2, 0) is 16.1 Å². The lowest BCUT2D eigenvalue weighted by Gasteiger charge is -2.36. The Kier molecular flexibility index (Phi) is 6.37. The SMILES string of the molecule is CC(C)(C)N(Cc1ccccc1)C(=O)CN1C(=O)C(=Cc2cccs2)SC1=S. The minimum Gasteiger partial charge on any atom is -0.332 e. The van der Waals surface area contributed by atoms with Gasteiger partial charge in [0.2, 0.25) is 5.91 Å². The van der Waals surface area contributed by atoms with Gasteiger partial charge in [-0.15, -0.1) is 11.3 Å². The van der Waals surface area contributed by atoms with Crippen LogP contribution < -0.4 is 0 Å². The summed E-state index contributed by atoms with van der Waals surface area (Å²) in [6, 6.07) is 13.7. The fourth-order valence-electron chi connectivity index (χ4n) is 2.82. The van der Waals surface area contributed by atoms with Crippen LogP contribution in [0.25, 0.3) is 6.08 Å². The molecule has 2 aromatic rings. The molecule has 1 aliphatic rings. The van der Waals surface area contributed by atoms with Gasteiger partial charge < -0.3 is 4.90 Å². The second-order valence-electron chi connectivity index (χ2n) is 7.42. The Morgan fingerprint density at radius 2 is 1.89 bits per heavy atom. The molecular weight excluding hydrogens is 408 g/mol. The highest BCUT2D eigenvalue weighted by Gasteiger charge is 2.36. The molecule has 0 bridgehead atoms. The van der Waals surface area contributed by atoms with E-state index in [1.165, 1.54) is 16.7 Å². The zero-order valence-electron chi connectivity index (χ0n) is 16.0. The highest BCUT2D eigenvalue weighted by Crippen LogP contribution is 2.33. The first-order chi connectivity index (χ1) is 13.3. The summed E-state index contributed by atoms with van der Waals surface area (Å²) >= 11 is 8.19. The van der Waals surface area contributed by atoms with E-state index in [1.54, 1.807) is 16.2 Å². The van der Waals surface area contributed by atoms with Crippen molar-refractivity contribution in [1.29, 1.82) is 0 Å². The molecule has 0 spiro atoms. The van der Waals surface area contributed by atoms with Crippen molar-refractivity contribution in [1.82, 2.24) is 9.80 Å². The Hall–Kier alpha value is -1.96. The normalized spacial score (nSPS) is 16.1. The number of rotatable bonds is 5. The topological polar surface area (TPSA) is 40.6 Å². The molecule has 0 radical (unpaired) electrons. The fourth-order valence-corrected chi connectivity index (χ4v) is 4.80. The van der Waals surface area contributed by atoms with Crippen molar-refractivity contribution >= 4 is 57.5 Å². The van der Waals surface area contributed by atoms with E-state index >= 15 is 0 Å². The molecule has 1 aromatic carbocycles. The Morgan fingerprint density at radius 1 is 1.18 bits per heavy atom. The average molecular weight is 431 g/mol. The van der Waals surface area contributed by atoms with E-state index in [9.17, 15) is 9.59 Å². The summed E-state index contributed by atoms with van der Waals surface area (Å²) in [6.07, 6.45) is 1.83. The second kappa shape index (κ2) is 8.59. The van der Waals surface area contributed by atoms with E-state index in [0.29, 0.717) is 15.8 Å². The zero-order valence-corrected chi connectivity index (χ0v) is 18.5. The lowest BCUT2D eigenvalue weighted by molar-refractivity contribution is -0.140. The molecule has 28 heavy (non-hydrogen) atoms. The number of benzene rings is 1. The number of carbonyl (C=O) groups is 2. The molecule has 1 fully saturated rings. The number of amides is 2. The van der Waals surface area contributed by atoms with Crippen LogP contribution in [0.1, 0.15) is 31.2 Å². The number of hydrogen-bond acceptors (Lipinski definition) is 5. The van der Waals surface area contributed by atoms with Crippen molar-refractivity contribution in [3.63, 3.8) is 0 Å². The number of thioether (sulfide) groups is 1. The zero-order chi connectivity index (χ0) is 20.3. The van der Waals surface area contributed by atoms with Crippen LogP contribution >= 0.6 is 35.3 Å². The third kappa shape index (κ3) is 4.90. The Balaban J connectivity index is 1.76. The van der Waals surface area contributed by atoms with Crippen molar-refractivity contribution in [3.05, 3.63) is 63.2 Å². The van der Waals surface area contributed by atoms with Crippen LogP contribution in [0.5, 0.6) is 0 Å². The van der Waals surface area contributed by atoms with E-state index in [0.717, 1.165) is 10.4 Å². The van der Waals surface area contributed by atoms with Crippen LogP contribution in [0.2, 0.25) is 0 Å². The lowest BCUT2D eigenvalue weighted by Crippen LogP contribution is -2.49. The minimum absolute atomic E-state index is 0.0451. The first kappa shape index (κ1) is 20.8. The third-order valence-corrected chi connectivity index (χ3v) is 6.47. The first-order valence-electron chi connectivity index (χ1n) is 8.89. The maximum absolute atomic E-state index is 13.1. The molecule has 0 atom stereocenters. The minimum atomic E-state index is -0.375. The largest absolute Gasteiger partial charge is 0.332 e. The van der Waals surface area contributed by atoms with Crippen LogP contribution in [0, 0.1) is 0 Å². The molecule has 4 nitrogen and oxygen atoms in total. The molecule has 0 N–H and O–H groups in total. The Labute approximate surface area is 179 Å². The summed E-state index contributed by atoms with van der Waals surface area (Å²) in [7, 11) is 0. The van der Waals surface area contributed by atoms with Gasteiger partial charge in [0, 0.05) is 17.0 Å². The van der Waals surface area contributed by atoms with Crippen molar-refractivity contribution in [2.45, 2.75) is 32.9 Å². The molecule has 7 heteroatoms. The van der Waals surface area contributed by atoms with Crippen LogP contribution in [0.3, 0.4) is 0 Å². The van der Waals surface area contributed by atoms with Crippen molar-refractivity contribution in [2.75, 3.05) is 6.54 Å². The number of carbonyl (C=O) groups excluding carboxylic acids is 2. The predicted octanol–water partition coefficient (Wildman–Crippen LogP) is 4.78. The van der Waals surface area contributed by atoms with E-state index in [-0.39, 0.29) is 23.9 Å². The van der Waals surface area contributed by atoms with Crippen molar-refractivity contribution < 1.29 is 9.59 Å². The van der Waals surface area contributed by atoms with Gasteiger partial charge in [-0.1, -0.05) is 60.4 Å². The molecule has 2 amide bonds. The summed E-state index contributed by atoms with van der Waals surface area (Å²) in [6.45, 7) is 6.43. The second-order valence-corrected chi connectivity index (χ2v) is 10.1.